The molecule has 3 N–H and O–H groups in total. The van der Waals surface area contributed by atoms with Gasteiger partial charge in [0.2, 0.25) is 11.8 Å². The summed E-state index contributed by atoms with van der Waals surface area (Å²) in [5.41, 5.74) is 7.20. The molecule has 2 rings (SSSR count). The maximum atomic E-state index is 11.2. The molecule has 0 aliphatic carbocycles. The average Bonchev–Trinajstić information content (AvgIpc) is 2.37. The molecule has 110 valence electrons. The van der Waals surface area contributed by atoms with Gasteiger partial charge in [0.15, 0.2) is 0 Å². The Morgan fingerprint density at radius 1 is 1.29 bits per heavy atom. The predicted octanol–water partition coefficient (Wildman–Crippen LogP) is 2.09. The van der Waals surface area contributed by atoms with E-state index in [1.807, 2.05) is 43.3 Å². The fraction of sp³-hybridized carbons (Fsp3) is 0.231. The molecule has 1 aromatic heterocycles. The number of hydrogen-bond acceptors (Lipinski definition) is 7. The molecule has 8 heteroatoms. The van der Waals surface area contributed by atoms with Gasteiger partial charge >= 0.3 is 5.69 Å². The van der Waals surface area contributed by atoms with Crippen molar-refractivity contribution in [1.82, 2.24) is 9.97 Å². The molecule has 8 nitrogen and oxygen atoms in total. The van der Waals surface area contributed by atoms with Crippen LogP contribution in [0.1, 0.15) is 5.69 Å². The van der Waals surface area contributed by atoms with Crippen molar-refractivity contribution in [1.29, 1.82) is 0 Å². The van der Waals surface area contributed by atoms with E-state index >= 15 is 0 Å². The van der Waals surface area contributed by atoms with Crippen molar-refractivity contribution in [3.63, 3.8) is 0 Å². The Bertz CT molecular complexity index is 686. The second kappa shape index (κ2) is 5.61. The Morgan fingerprint density at radius 2 is 1.95 bits per heavy atom. The number of anilines is 4. The number of rotatable bonds is 4. The standard InChI is InChI=1S/C13H16N6O2/c1-8-11(19(20)21)12(17-13(14)15-8)16-9-6-4-5-7-10(9)18(2)3/h4-7H,1-3H3,(H3,14,15,16,17). The van der Waals surface area contributed by atoms with E-state index in [9.17, 15) is 10.1 Å². The van der Waals surface area contributed by atoms with Crippen LogP contribution in [0.3, 0.4) is 0 Å². The normalized spacial score (nSPS) is 10.2. The Labute approximate surface area is 121 Å². The minimum Gasteiger partial charge on any atom is -0.376 e. The molecule has 0 amide bonds. The van der Waals surface area contributed by atoms with Crippen molar-refractivity contribution in [2.24, 2.45) is 0 Å². The molecule has 0 radical (unpaired) electrons. The summed E-state index contributed by atoms with van der Waals surface area (Å²) in [5.74, 6) is 0.0715. The fourth-order valence-electron chi connectivity index (χ4n) is 1.99. The van der Waals surface area contributed by atoms with E-state index < -0.39 is 4.92 Å². The summed E-state index contributed by atoms with van der Waals surface area (Å²) in [6.07, 6.45) is 0. The highest BCUT2D eigenvalue weighted by Gasteiger charge is 2.22. The SMILES string of the molecule is Cc1nc(N)nc(Nc2ccccc2N(C)C)c1[N+](=O)[O-]. The van der Waals surface area contributed by atoms with E-state index in [4.69, 9.17) is 5.73 Å². The fourth-order valence-corrected chi connectivity index (χ4v) is 1.99. The molecule has 0 aliphatic heterocycles. The maximum Gasteiger partial charge on any atom is 0.332 e. The van der Waals surface area contributed by atoms with E-state index in [-0.39, 0.29) is 23.1 Å². The first-order chi connectivity index (χ1) is 9.90. The highest BCUT2D eigenvalue weighted by Crippen LogP contribution is 2.32. The first-order valence-electron chi connectivity index (χ1n) is 6.22. The van der Waals surface area contributed by atoms with E-state index in [1.54, 1.807) is 0 Å². The molecule has 0 saturated carbocycles. The van der Waals surface area contributed by atoms with Crippen molar-refractivity contribution in [2.75, 3.05) is 30.0 Å². The minimum atomic E-state index is -0.518. The summed E-state index contributed by atoms with van der Waals surface area (Å²) in [5, 5.41) is 14.2. The lowest BCUT2D eigenvalue weighted by molar-refractivity contribution is -0.385. The molecule has 1 heterocycles. The van der Waals surface area contributed by atoms with Crippen molar-refractivity contribution in [3.05, 3.63) is 40.1 Å². The minimum absolute atomic E-state index is 0.0112. The molecule has 0 fully saturated rings. The quantitative estimate of drug-likeness (QED) is 0.654. The van der Waals surface area contributed by atoms with Gasteiger partial charge in [0.25, 0.3) is 0 Å². The molecule has 0 atom stereocenters. The zero-order valence-electron chi connectivity index (χ0n) is 12.0. The van der Waals surface area contributed by atoms with Gasteiger partial charge in [-0.15, -0.1) is 0 Å². The number of hydrogen-bond donors (Lipinski definition) is 2. The van der Waals surface area contributed by atoms with Crippen LogP contribution < -0.4 is 16.0 Å². The van der Waals surface area contributed by atoms with Gasteiger partial charge in [0.1, 0.15) is 5.69 Å². The topological polar surface area (TPSA) is 110 Å². The number of para-hydroxylation sites is 2. The Morgan fingerprint density at radius 3 is 2.57 bits per heavy atom. The first-order valence-corrected chi connectivity index (χ1v) is 6.22. The number of nitrogens with two attached hydrogens (primary N) is 1. The zero-order chi connectivity index (χ0) is 15.6. The molecule has 1 aromatic carbocycles. The molecule has 0 saturated heterocycles. The van der Waals surface area contributed by atoms with Crippen LogP contribution in [0.25, 0.3) is 0 Å². The van der Waals surface area contributed by atoms with Crippen LogP contribution in [-0.2, 0) is 0 Å². The highest BCUT2D eigenvalue weighted by molar-refractivity contribution is 5.77. The predicted molar refractivity (Wildman–Crippen MR) is 81.9 cm³/mol. The van der Waals surface area contributed by atoms with Crippen molar-refractivity contribution >= 4 is 28.8 Å². The maximum absolute atomic E-state index is 11.2. The number of nitrogens with one attached hydrogen (secondary N) is 1. The van der Waals surface area contributed by atoms with Crippen LogP contribution in [0.2, 0.25) is 0 Å². The lowest BCUT2D eigenvalue weighted by Gasteiger charge is -2.18. The van der Waals surface area contributed by atoms with Gasteiger partial charge in [-0.25, -0.2) is 4.98 Å². The monoisotopic (exact) mass is 288 g/mol. The van der Waals surface area contributed by atoms with Gasteiger partial charge in [-0.3, -0.25) is 10.1 Å². The van der Waals surface area contributed by atoms with E-state index in [2.05, 4.69) is 15.3 Å². The zero-order valence-corrected chi connectivity index (χ0v) is 12.0. The highest BCUT2D eigenvalue weighted by atomic mass is 16.6. The van der Waals surface area contributed by atoms with Crippen molar-refractivity contribution in [2.45, 2.75) is 6.92 Å². The summed E-state index contributed by atoms with van der Waals surface area (Å²) in [4.78, 5) is 20.3. The third-order valence-corrected chi connectivity index (χ3v) is 2.90. The van der Waals surface area contributed by atoms with E-state index in [0.717, 1.165) is 5.69 Å². The lowest BCUT2D eigenvalue weighted by Crippen LogP contribution is -2.12. The lowest BCUT2D eigenvalue weighted by atomic mass is 10.2. The van der Waals surface area contributed by atoms with Gasteiger partial charge in [0.05, 0.1) is 16.3 Å². The molecule has 0 unspecified atom stereocenters. The van der Waals surface area contributed by atoms with Crippen LogP contribution in [-0.4, -0.2) is 29.0 Å². The third-order valence-electron chi connectivity index (χ3n) is 2.90. The number of aryl methyl sites for hydroxylation is 1. The largest absolute Gasteiger partial charge is 0.376 e. The molecule has 2 aromatic rings. The second-order valence-electron chi connectivity index (χ2n) is 4.66. The van der Waals surface area contributed by atoms with E-state index in [1.165, 1.54) is 6.92 Å². The molecular weight excluding hydrogens is 272 g/mol. The number of nitro groups is 1. The summed E-state index contributed by atoms with van der Waals surface area (Å²) in [6.45, 7) is 1.53. The average molecular weight is 288 g/mol. The Hall–Kier alpha value is -2.90. The Kier molecular flexibility index (Phi) is 3.88. The van der Waals surface area contributed by atoms with Gasteiger partial charge < -0.3 is 16.0 Å². The first kappa shape index (κ1) is 14.5. The number of nitrogen functional groups attached to an aromatic ring is 1. The van der Waals surface area contributed by atoms with Gasteiger partial charge in [-0.05, 0) is 19.1 Å². The summed E-state index contributed by atoms with van der Waals surface area (Å²) < 4.78 is 0. The Balaban J connectivity index is 2.52. The van der Waals surface area contributed by atoms with Crippen LogP contribution in [0.5, 0.6) is 0 Å². The van der Waals surface area contributed by atoms with Gasteiger partial charge in [0, 0.05) is 14.1 Å². The smallest absolute Gasteiger partial charge is 0.332 e. The van der Waals surface area contributed by atoms with Crippen molar-refractivity contribution in [3.8, 4) is 0 Å². The molecule has 0 bridgehead atoms. The second-order valence-corrected chi connectivity index (χ2v) is 4.66. The molecular formula is C13H16N6O2. The number of benzene rings is 1. The third kappa shape index (κ3) is 2.99. The number of aromatic nitrogens is 2. The summed E-state index contributed by atoms with van der Waals surface area (Å²) in [6, 6.07) is 7.42. The molecule has 0 spiro atoms. The van der Waals surface area contributed by atoms with Crippen LogP contribution in [0.15, 0.2) is 24.3 Å². The van der Waals surface area contributed by atoms with Crippen LogP contribution in [0.4, 0.5) is 28.8 Å². The molecule has 0 aliphatic rings. The molecule has 21 heavy (non-hydrogen) atoms. The van der Waals surface area contributed by atoms with Crippen molar-refractivity contribution < 1.29 is 4.92 Å². The van der Waals surface area contributed by atoms with E-state index in [0.29, 0.717) is 5.69 Å². The summed E-state index contributed by atoms with van der Waals surface area (Å²) in [7, 11) is 3.77. The van der Waals surface area contributed by atoms with Crippen LogP contribution in [0, 0.1) is 17.0 Å². The summed E-state index contributed by atoms with van der Waals surface area (Å²) >= 11 is 0. The van der Waals surface area contributed by atoms with Crippen LogP contribution >= 0.6 is 0 Å². The van der Waals surface area contributed by atoms with Gasteiger partial charge in [-0.1, -0.05) is 12.1 Å². The van der Waals surface area contributed by atoms with Gasteiger partial charge in [-0.2, -0.15) is 4.98 Å². The number of nitrogens with zero attached hydrogens (tertiary/aromatic N) is 4.